The summed E-state index contributed by atoms with van der Waals surface area (Å²) < 4.78 is 26.2. The molecule has 2 aromatic heterocycles. The quantitative estimate of drug-likeness (QED) is 0.262. The lowest BCUT2D eigenvalue weighted by molar-refractivity contribution is -0.115. The van der Waals surface area contributed by atoms with Crippen LogP contribution in [0.5, 0.6) is 0 Å². The molecule has 1 N–H and O–H groups in total. The average Bonchev–Trinajstić information content (AvgIpc) is 3.35. The van der Waals surface area contributed by atoms with E-state index in [2.05, 4.69) is 16.9 Å². The van der Waals surface area contributed by atoms with Crippen LogP contribution in [0.1, 0.15) is 39.4 Å². The minimum Gasteiger partial charge on any atom is -0.462 e. The normalized spacial score (nSPS) is 11.4. The van der Waals surface area contributed by atoms with E-state index in [1.807, 2.05) is 0 Å². The van der Waals surface area contributed by atoms with E-state index in [1.165, 1.54) is 23.5 Å². The number of ether oxygens (including phenoxy) is 2. The van der Waals surface area contributed by atoms with Crippen molar-refractivity contribution in [3.05, 3.63) is 57.5 Å². The average molecular weight is 580 g/mol. The van der Waals surface area contributed by atoms with Gasteiger partial charge in [-0.15, -0.1) is 29.7 Å². The second-order valence-corrected chi connectivity index (χ2v) is 10.7. The van der Waals surface area contributed by atoms with Crippen LogP contribution in [0, 0.1) is 12.7 Å². The second-order valence-electron chi connectivity index (χ2n) is 7.64. The Kier molecular flexibility index (Phi) is 10.4. The molecule has 38 heavy (non-hydrogen) atoms. The molecule has 3 rings (SSSR count). The zero-order valence-electron chi connectivity index (χ0n) is 21.0. The Morgan fingerprint density at radius 2 is 1.84 bits per heavy atom. The van der Waals surface area contributed by atoms with Gasteiger partial charge in [0.2, 0.25) is 5.91 Å². The first kappa shape index (κ1) is 29.3. The molecule has 0 fully saturated rings. The number of hydrogen-bond acceptors (Lipinski definition) is 9. The summed E-state index contributed by atoms with van der Waals surface area (Å²) in [7, 11) is 0. The van der Waals surface area contributed by atoms with Crippen LogP contribution in [0.15, 0.2) is 35.8 Å². The maximum Gasteiger partial charge on any atom is 0.348 e. The molecule has 0 aliphatic heterocycles. The van der Waals surface area contributed by atoms with E-state index in [-0.39, 0.29) is 46.0 Å². The van der Waals surface area contributed by atoms with Gasteiger partial charge < -0.3 is 19.4 Å². The third-order valence-corrected chi connectivity index (χ3v) is 8.12. The maximum absolute atomic E-state index is 13.6. The monoisotopic (exact) mass is 579 g/mol. The number of carbonyl (C=O) groups is 4. The first-order chi connectivity index (χ1) is 18.2. The molecule has 2 amide bonds. The van der Waals surface area contributed by atoms with E-state index < -0.39 is 23.8 Å². The van der Waals surface area contributed by atoms with Crippen molar-refractivity contribution in [3.63, 3.8) is 0 Å². The Morgan fingerprint density at radius 1 is 1.13 bits per heavy atom. The topological polar surface area (TPSA) is 116 Å². The number of fused-ring (bicyclic) bond motifs is 1. The summed E-state index contributed by atoms with van der Waals surface area (Å²) in [6.07, 6.45) is 1.66. The van der Waals surface area contributed by atoms with E-state index in [1.54, 1.807) is 37.5 Å². The van der Waals surface area contributed by atoms with Crippen LogP contribution in [-0.4, -0.2) is 53.0 Å². The molecule has 0 spiro atoms. The molecule has 202 valence electrons. The zero-order valence-corrected chi connectivity index (χ0v) is 23.4. The minimum absolute atomic E-state index is 0.0770. The smallest absolute Gasteiger partial charge is 0.348 e. The minimum atomic E-state index is -0.662. The molecule has 0 saturated carbocycles. The first-order valence-electron chi connectivity index (χ1n) is 11.5. The third kappa shape index (κ3) is 6.97. The lowest BCUT2D eigenvalue weighted by Crippen LogP contribution is -2.19. The molecule has 0 aliphatic rings. The number of esters is 2. The predicted molar refractivity (Wildman–Crippen MR) is 147 cm³/mol. The Bertz CT molecular complexity index is 1460. The fourth-order valence-corrected chi connectivity index (χ4v) is 6.20. The molecule has 1 aromatic carbocycles. The van der Waals surface area contributed by atoms with Crippen molar-refractivity contribution < 1.29 is 33.0 Å². The van der Waals surface area contributed by atoms with E-state index in [0.717, 1.165) is 28.6 Å². The molecule has 0 radical (unpaired) electrons. The van der Waals surface area contributed by atoms with Gasteiger partial charge in [0.05, 0.1) is 40.5 Å². The highest BCUT2D eigenvalue weighted by atomic mass is 32.2. The van der Waals surface area contributed by atoms with Crippen molar-refractivity contribution >= 4 is 73.4 Å². The fourth-order valence-electron chi connectivity index (χ4n) is 3.41. The Morgan fingerprint density at radius 3 is 2.53 bits per heavy atom. The molecule has 0 aliphatic carbocycles. The van der Waals surface area contributed by atoms with E-state index in [4.69, 9.17) is 9.47 Å². The summed E-state index contributed by atoms with van der Waals surface area (Å²) in [5.41, 5.74) is 1.19. The molecule has 0 bridgehead atoms. The molecule has 9 nitrogen and oxygen atoms in total. The van der Waals surface area contributed by atoms with Gasteiger partial charge >= 0.3 is 11.9 Å². The van der Waals surface area contributed by atoms with Gasteiger partial charge in [0, 0.05) is 6.54 Å². The van der Waals surface area contributed by atoms with Crippen molar-refractivity contribution in [2.24, 2.45) is 4.99 Å². The summed E-state index contributed by atoms with van der Waals surface area (Å²) in [6.45, 7) is 9.30. The molecule has 3 aromatic rings. The maximum atomic E-state index is 13.6. The van der Waals surface area contributed by atoms with E-state index in [0.29, 0.717) is 21.6 Å². The number of carbonyl (C=O) groups excluding carboxylic acids is 4. The van der Waals surface area contributed by atoms with Gasteiger partial charge in [-0.2, -0.15) is 4.99 Å². The Balaban J connectivity index is 1.70. The van der Waals surface area contributed by atoms with Crippen molar-refractivity contribution in [1.29, 1.82) is 0 Å². The number of halogens is 1. The van der Waals surface area contributed by atoms with Gasteiger partial charge in [-0.3, -0.25) is 9.59 Å². The summed E-state index contributed by atoms with van der Waals surface area (Å²) in [5.74, 6) is -2.75. The van der Waals surface area contributed by atoms with Gasteiger partial charge in [-0.1, -0.05) is 17.4 Å². The number of thioether (sulfide) groups is 1. The van der Waals surface area contributed by atoms with Gasteiger partial charge in [0.25, 0.3) is 5.91 Å². The van der Waals surface area contributed by atoms with Gasteiger partial charge in [0.15, 0.2) is 4.80 Å². The van der Waals surface area contributed by atoms with Crippen LogP contribution in [-0.2, 0) is 25.6 Å². The Hall–Kier alpha value is -3.29. The number of nitrogens with zero attached hydrogens (tertiary/aromatic N) is 2. The number of hydrogen-bond donors (Lipinski definition) is 1. The van der Waals surface area contributed by atoms with E-state index >= 15 is 0 Å². The number of thiazole rings is 1. The highest BCUT2D eigenvalue weighted by Gasteiger charge is 2.27. The SMILES string of the molecule is C=CCn1c(=NC(=O)CSCC(=O)Nc2sc(C(=O)OCC)c(C)c2C(=O)OCC)sc2cc(F)ccc21. The van der Waals surface area contributed by atoms with Crippen molar-refractivity contribution in [1.82, 2.24) is 4.57 Å². The Labute approximate surface area is 230 Å². The number of rotatable bonds is 11. The van der Waals surface area contributed by atoms with Gasteiger partial charge in [-0.25, -0.2) is 14.0 Å². The summed E-state index contributed by atoms with van der Waals surface area (Å²) in [4.78, 5) is 54.6. The summed E-state index contributed by atoms with van der Waals surface area (Å²) in [5, 5.41) is 2.81. The molecule has 13 heteroatoms. The number of anilines is 1. The highest BCUT2D eigenvalue weighted by molar-refractivity contribution is 8.00. The highest BCUT2D eigenvalue weighted by Crippen LogP contribution is 2.34. The molecular formula is C25H26FN3O6S3. The number of allylic oxidation sites excluding steroid dienone is 1. The predicted octanol–water partition coefficient (Wildman–Crippen LogP) is 4.55. The lowest BCUT2D eigenvalue weighted by atomic mass is 10.1. The summed E-state index contributed by atoms with van der Waals surface area (Å²) >= 11 is 3.16. The van der Waals surface area contributed by atoms with Crippen LogP contribution in [0.4, 0.5) is 9.39 Å². The molecule has 0 unspecified atom stereocenters. The molecule has 0 saturated heterocycles. The van der Waals surface area contributed by atoms with Crippen LogP contribution >= 0.6 is 34.4 Å². The molecule has 0 atom stereocenters. The fraction of sp³-hybridized carbons (Fsp3) is 0.320. The number of thiophene rings is 1. The van der Waals surface area contributed by atoms with Crippen molar-refractivity contribution in [2.45, 2.75) is 27.3 Å². The third-order valence-electron chi connectivity index (χ3n) is 4.98. The largest absolute Gasteiger partial charge is 0.462 e. The summed E-state index contributed by atoms with van der Waals surface area (Å²) in [6, 6.07) is 4.34. The number of amides is 2. The van der Waals surface area contributed by atoms with Crippen LogP contribution < -0.4 is 10.1 Å². The first-order valence-corrected chi connectivity index (χ1v) is 14.3. The zero-order chi connectivity index (χ0) is 27.8. The van der Waals surface area contributed by atoms with E-state index in [9.17, 15) is 23.6 Å². The van der Waals surface area contributed by atoms with Crippen LogP contribution in [0.25, 0.3) is 10.2 Å². The number of nitrogens with one attached hydrogen (secondary N) is 1. The standard InChI is InChI=1S/C25H26FN3O6S3/c1-5-10-29-16-9-8-15(26)11-17(16)37-25(29)28-19(31)13-36-12-18(30)27-22-20(23(32)34-6-2)14(4)21(38-22)24(33)35-7-3/h5,8-9,11H,1,6-7,10,12-13H2,2-4H3,(H,27,30). The second kappa shape index (κ2) is 13.5. The van der Waals surface area contributed by atoms with Crippen LogP contribution in [0.2, 0.25) is 0 Å². The number of benzene rings is 1. The molecular weight excluding hydrogens is 553 g/mol. The number of aromatic nitrogens is 1. The van der Waals surface area contributed by atoms with Gasteiger partial charge in [-0.05, 0) is 44.5 Å². The van der Waals surface area contributed by atoms with Gasteiger partial charge in [0.1, 0.15) is 15.7 Å². The van der Waals surface area contributed by atoms with Crippen molar-refractivity contribution in [3.8, 4) is 0 Å². The van der Waals surface area contributed by atoms with Crippen LogP contribution in [0.3, 0.4) is 0 Å². The lowest BCUT2D eigenvalue weighted by Gasteiger charge is -2.07. The molecule has 2 heterocycles. The van der Waals surface area contributed by atoms with Crippen molar-refractivity contribution in [2.75, 3.05) is 30.0 Å².